The SMILES string of the molecule is c1ccc(-c2nc(-c3ccccc3)nc(-c3ccc(-c4ccc5oc6ccccc6c5c4)c4ccccc34)n2)cc1. The number of rotatable bonds is 4. The van der Waals surface area contributed by atoms with Crippen LogP contribution in [0.5, 0.6) is 0 Å². The molecule has 4 nitrogen and oxygen atoms in total. The van der Waals surface area contributed by atoms with Crippen molar-refractivity contribution in [2.75, 3.05) is 0 Å². The van der Waals surface area contributed by atoms with Gasteiger partial charge in [0.15, 0.2) is 17.5 Å². The van der Waals surface area contributed by atoms with E-state index in [2.05, 4.69) is 66.7 Å². The summed E-state index contributed by atoms with van der Waals surface area (Å²) in [5.74, 6) is 1.96. The second kappa shape index (κ2) is 9.54. The molecule has 2 heterocycles. The molecule has 0 saturated heterocycles. The molecule has 4 heteroatoms. The van der Waals surface area contributed by atoms with Crippen LogP contribution in [0.2, 0.25) is 0 Å². The molecule has 8 aromatic rings. The maximum atomic E-state index is 6.08. The van der Waals surface area contributed by atoms with Gasteiger partial charge in [0.1, 0.15) is 11.2 Å². The van der Waals surface area contributed by atoms with E-state index in [1.165, 1.54) is 0 Å². The molecular weight excluding hydrogens is 502 g/mol. The topological polar surface area (TPSA) is 51.8 Å². The zero-order valence-corrected chi connectivity index (χ0v) is 22.0. The molecule has 0 spiro atoms. The maximum absolute atomic E-state index is 6.08. The maximum Gasteiger partial charge on any atom is 0.164 e. The minimum Gasteiger partial charge on any atom is -0.456 e. The molecule has 192 valence electrons. The van der Waals surface area contributed by atoms with Crippen LogP contribution in [-0.2, 0) is 0 Å². The highest BCUT2D eigenvalue weighted by Gasteiger charge is 2.16. The third kappa shape index (κ3) is 4.05. The summed E-state index contributed by atoms with van der Waals surface area (Å²) in [4.78, 5) is 14.8. The van der Waals surface area contributed by atoms with Crippen LogP contribution in [0.1, 0.15) is 0 Å². The number of fused-ring (bicyclic) bond motifs is 4. The van der Waals surface area contributed by atoms with Crippen LogP contribution < -0.4 is 0 Å². The van der Waals surface area contributed by atoms with Gasteiger partial charge in [-0.25, -0.2) is 15.0 Å². The highest BCUT2D eigenvalue weighted by atomic mass is 16.3. The van der Waals surface area contributed by atoms with Gasteiger partial charge >= 0.3 is 0 Å². The minimum absolute atomic E-state index is 0.650. The number of hydrogen-bond donors (Lipinski definition) is 0. The van der Waals surface area contributed by atoms with Crippen molar-refractivity contribution < 1.29 is 4.42 Å². The molecule has 8 rings (SSSR count). The van der Waals surface area contributed by atoms with E-state index < -0.39 is 0 Å². The number of para-hydroxylation sites is 1. The molecule has 0 aliphatic carbocycles. The lowest BCUT2D eigenvalue weighted by molar-refractivity contribution is 0.669. The lowest BCUT2D eigenvalue weighted by Crippen LogP contribution is -2.00. The monoisotopic (exact) mass is 525 g/mol. The van der Waals surface area contributed by atoms with Gasteiger partial charge < -0.3 is 4.42 Å². The second-order valence-electron chi connectivity index (χ2n) is 10.1. The van der Waals surface area contributed by atoms with E-state index in [-0.39, 0.29) is 0 Å². The first kappa shape index (κ1) is 23.3. The normalized spacial score (nSPS) is 11.4. The average molecular weight is 526 g/mol. The smallest absolute Gasteiger partial charge is 0.164 e. The van der Waals surface area contributed by atoms with Gasteiger partial charge in [-0.3, -0.25) is 0 Å². The first-order valence-corrected chi connectivity index (χ1v) is 13.6. The van der Waals surface area contributed by atoms with E-state index in [0.29, 0.717) is 17.5 Å². The van der Waals surface area contributed by atoms with Gasteiger partial charge in [-0.05, 0) is 46.2 Å². The Kier molecular flexibility index (Phi) is 5.42. The first-order valence-electron chi connectivity index (χ1n) is 13.6. The molecule has 0 atom stereocenters. The Bertz CT molecular complexity index is 2140. The minimum atomic E-state index is 0.650. The third-order valence-electron chi connectivity index (χ3n) is 7.55. The molecule has 0 amide bonds. The molecule has 0 bridgehead atoms. The zero-order chi connectivity index (χ0) is 27.2. The van der Waals surface area contributed by atoms with Gasteiger partial charge in [0.25, 0.3) is 0 Å². The van der Waals surface area contributed by atoms with Crippen molar-refractivity contribution in [2.24, 2.45) is 0 Å². The summed E-state index contributed by atoms with van der Waals surface area (Å²) in [5.41, 5.74) is 6.95. The van der Waals surface area contributed by atoms with Crippen LogP contribution in [0.25, 0.3) is 78.0 Å². The quantitative estimate of drug-likeness (QED) is 0.230. The van der Waals surface area contributed by atoms with E-state index >= 15 is 0 Å². The predicted molar refractivity (Wildman–Crippen MR) is 166 cm³/mol. The molecule has 0 N–H and O–H groups in total. The fourth-order valence-electron chi connectivity index (χ4n) is 5.57. The number of nitrogens with zero attached hydrogens (tertiary/aromatic N) is 3. The number of furan rings is 1. The van der Waals surface area contributed by atoms with Crippen molar-refractivity contribution in [3.05, 3.63) is 140 Å². The molecule has 41 heavy (non-hydrogen) atoms. The summed E-state index contributed by atoms with van der Waals surface area (Å²) in [6.07, 6.45) is 0. The molecule has 0 radical (unpaired) electrons. The van der Waals surface area contributed by atoms with Gasteiger partial charge in [0.2, 0.25) is 0 Å². The van der Waals surface area contributed by atoms with Crippen LogP contribution in [-0.4, -0.2) is 15.0 Å². The van der Waals surface area contributed by atoms with Crippen molar-refractivity contribution in [1.29, 1.82) is 0 Å². The van der Waals surface area contributed by atoms with Gasteiger partial charge in [-0.1, -0.05) is 115 Å². The summed E-state index contributed by atoms with van der Waals surface area (Å²) in [7, 11) is 0. The van der Waals surface area contributed by atoms with E-state index in [4.69, 9.17) is 19.4 Å². The molecule has 0 aliphatic rings. The van der Waals surface area contributed by atoms with E-state index in [0.717, 1.165) is 60.5 Å². The third-order valence-corrected chi connectivity index (χ3v) is 7.55. The van der Waals surface area contributed by atoms with E-state index in [1.807, 2.05) is 72.8 Å². The van der Waals surface area contributed by atoms with E-state index in [9.17, 15) is 0 Å². The molecule has 0 aliphatic heterocycles. The first-order chi connectivity index (χ1) is 20.3. The zero-order valence-electron chi connectivity index (χ0n) is 22.0. The lowest BCUT2D eigenvalue weighted by Gasteiger charge is -2.13. The van der Waals surface area contributed by atoms with Crippen molar-refractivity contribution in [1.82, 2.24) is 15.0 Å². The van der Waals surface area contributed by atoms with Crippen LogP contribution in [0.3, 0.4) is 0 Å². The predicted octanol–water partition coefficient (Wildman–Crippen LogP) is 9.59. The van der Waals surface area contributed by atoms with Gasteiger partial charge in [-0.15, -0.1) is 0 Å². The highest BCUT2D eigenvalue weighted by Crippen LogP contribution is 2.38. The Morgan fingerprint density at radius 2 is 0.854 bits per heavy atom. The summed E-state index contributed by atoms with van der Waals surface area (Å²) >= 11 is 0. The van der Waals surface area contributed by atoms with Crippen LogP contribution in [0.4, 0.5) is 0 Å². The van der Waals surface area contributed by atoms with Crippen molar-refractivity contribution in [2.45, 2.75) is 0 Å². The summed E-state index contributed by atoms with van der Waals surface area (Å²) in [6, 6.07) is 47.5. The van der Waals surface area contributed by atoms with E-state index in [1.54, 1.807) is 0 Å². The molecule has 6 aromatic carbocycles. The summed E-state index contributed by atoms with van der Waals surface area (Å²) in [5, 5.41) is 4.47. The second-order valence-corrected chi connectivity index (χ2v) is 10.1. The fourth-order valence-corrected chi connectivity index (χ4v) is 5.57. The van der Waals surface area contributed by atoms with Gasteiger partial charge in [0.05, 0.1) is 0 Å². The standard InChI is InChI=1S/C37H23N3O/c1-3-11-24(12-4-1)35-38-36(25-13-5-2-6-14-25)40-37(39-35)31-21-20-27(28-15-7-8-16-29(28)31)26-19-22-34-32(23-26)30-17-9-10-18-33(30)41-34/h1-23H. The number of aromatic nitrogens is 3. The Morgan fingerprint density at radius 1 is 0.341 bits per heavy atom. The Labute approximate surface area is 236 Å². The van der Waals surface area contributed by atoms with Crippen LogP contribution in [0.15, 0.2) is 144 Å². The number of hydrogen-bond acceptors (Lipinski definition) is 4. The molecule has 0 saturated carbocycles. The Hall–Kier alpha value is -5.61. The highest BCUT2D eigenvalue weighted by molar-refractivity contribution is 6.09. The van der Waals surface area contributed by atoms with Crippen LogP contribution >= 0.6 is 0 Å². The van der Waals surface area contributed by atoms with Crippen molar-refractivity contribution in [3.63, 3.8) is 0 Å². The van der Waals surface area contributed by atoms with Gasteiger partial charge in [0, 0.05) is 27.5 Å². The lowest BCUT2D eigenvalue weighted by atomic mass is 9.94. The molecule has 2 aromatic heterocycles. The molecular formula is C37H23N3O. The van der Waals surface area contributed by atoms with Crippen LogP contribution in [0, 0.1) is 0 Å². The van der Waals surface area contributed by atoms with Crippen molar-refractivity contribution >= 4 is 32.7 Å². The molecule has 0 fully saturated rings. The largest absolute Gasteiger partial charge is 0.456 e. The Morgan fingerprint density at radius 3 is 1.54 bits per heavy atom. The molecule has 0 unspecified atom stereocenters. The number of benzene rings is 6. The Balaban J connectivity index is 1.33. The summed E-state index contributed by atoms with van der Waals surface area (Å²) in [6.45, 7) is 0. The fraction of sp³-hybridized carbons (Fsp3) is 0. The average Bonchev–Trinajstić information content (AvgIpc) is 3.43. The van der Waals surface area contributed by atoms with Gasteiger partial charge in [-0.2, -0.15) is 0 Å². The van der Waals surface area contributed by atoms with Crippen molar-refractivity contribution in [3.8, 4) is 45.3 Å². The summed E-state index contributed by atoms with van der Waals surface area (Å²) < 4.78 is 6.08.